The fourth-order valence-corrected chi connectivity index (χ4v) is 3.13. The summed E-state index contributed by atoms with van der Waals surface area (Å²) < 4.78 is 0. The SMILES string of the molecule is Cc1ccc(NC(=O)C(NC(=O)C2CCCCC2)C(C)C)c(O)c1. The molecule has 24 heavy (non-hydrogen) atoms. The van der Waals surface area contributed by atoms with Gasteiger partial charge in [-0.05, 0) is 43.4 Å². The van der Waals surface area contributed by atoms with Crippen molar-refractivity contribution in [2.45, 2.75) is 58.9 Å². The number of carbonyl (C=O) groups excluding carboxylic acids is 2. The minimum atomic E-state index is -0.611. The van der Waals surface area contributed by atoms with Gasteiger partial charge in [-0.25, -0.2) is 0 Å². The molecule has 3 N–H and O–H groups in total. The van der Waals surface area contributed by atoms with Gasteiger partial charge in [-0.3, -0.25) is 9.59 Å². The second kappa shape index (κ2) is 8.18. The van der Waals surface area contributed by atoms with Crippen molar-refractivity contribution in [3.05, 3.63) is 23.8 Å². The van der Waals surface area contributed by atoms with Crippen molar-refractivity contribution < 1.29 is 14.7 Å². The third-order valence-corrected chi connectivity index (χ3v) is 4.63. The van der Waals surface area contributed by atoms with Gasteiger partial charge in [0.1, 0.15) is 11.8 Å². The third kappa shape index (κ3) is 4.73. The molecule has 1 aromatic carbocycles. The summed E-state index contributed by atoms with van der Waals surface area (Å²) in [5, 5.41) is 15.6. The highest BCUT2D eigenvalue weighted by molar-refractivity contribution is 5.98. The Kier molecular flexibility index (Phi) is 6.23. The maximum Gasteiger partial charge on any atom is 0.247 e. The molecule has 0 bridgehead atoms. The molecule has 2 rings (SSSR count). The van der Waals surface area contributed by atoms with Crippen molar-refractivity contribution in [1.29, 1.82) is 0 Å². The first-order chi connectivity index (χ1) is 11.4. The Labute approximate surface area is 143 Å². The molecule has 0 heterocycles. The average Bonchev–Trinajstić information content (AvgIpc) is 2.55. The molecule has 0 radical (unpaired) electrons. The number of hydrogen-bond acceptors (Lipinski definition) is 3. The lowest BCUT2D eigenvalue weighted by Crippen LogP contribution is -2.49. The second-order valence-corrected chi connectivity index (χ2v) is 7.08. The monoisotopic (exact) mass is 332 g/mol. The Morgan fingerprint density at radius 2 is 1.83 bits per heavy atom. The van der Waals surface area contributed by atoms with Crippen LogP contribution in [0.15, 0.2) is 18.2 Å². The second-order valence-electron chi connectivity index (χ2n) is 7.08. The van der Waals surface area contributed by atoms with Gasteiger partial charge in [-0.1, -0.05) is 39.2 Å². The highest BCUT2D eigenvalue weighted by atomic mass is 16.3. The van der Waals surface area contributed by atoms with Gasteiger partial charge < -0.3 is 15.7 Å². The van der Waals surface area contributed by atoms with Crippen molar-refractivity contribution in [1.82, 2.24) is 5.32 Å². The molecule has 1 fully saturated rings. The van der Waals surface area contributed by atoms with Crippen molar-refractivity contribution in [3.8, 4) is 5.75 Å². The van der Waals surface area contributed by atoms with Crippen molar-refractivity contribution >= 4 is 17.5 Å². The molecule has 1 aromatic rings. The number of phenols is 1. The van der Waals surface area contributed by atoms with Gasteiger partial charge in [0.15, 0.2) is 0 Å². The van der Waals surface area contributed by atoms with Gasteiger partial charge in [0.05, 0.1) is 5.69 Å². The van der Waals surface area contributed by atoms with Gasteiger partial charge in [0.25, 0.3) is 0 Å². The molecule has 1 unspecified atom stereocenters. The van der Waals surface area contributed by atoms with E-state index in [0.29, 0.717) is 5.69 Å². The summed E-state index contributed by atoms with van der Waals surface area (Å²) in [6, 6.07) is 4.48. The fourth-order valence-electron chi connectivity index (χ4n) is 3.13. The first-order valence-corrected chi connectivity index (χ1v) is 8.79. The summed E-state index contributed by atoms with van der Waals surface area (Å²) in [4.78, 5) is 25.0. The summed E-state index contributed by atoms with van der Waals surface area (Å²) >= 11 is 0. The number of anilines is 1. The topological polar surface area (TPSA) is 78.4 Å². The zero-order valence-electron chi connectivity index (χ0n) is 14.8. The third-order valence-electron chi connectivity index (χ3n) is 4.63. The summed E-state index contributed by atoms with van der Waals surface area (Å²) in [6.45, 7) is 5.67. The highest BCUT2D eigenvalue weighted by Gasteiger charge is 2.28. The predicted octanol–water partition coefficient (Wildman–Crippen LogP) is 3.36. The fraction of sp³-hybridized carbons (Fsp3) is 0.579. The van der Waals surface area contributed by atoms with Crippen molar-refractivity contribution in [3.63, 3.8) is 0 Å². The molecule has 1 aliphatic rings. The van der Waals surface area contributed by atoms with Crippen LogP contribution in [0.1, 0.15) is 51.5 Å². The minimum Gasteiger partial charge on any atom is -0.506 e. The van der Waals surface area contributed by atoms with Crippen molar-refractivity contribution in [2.24, 2.45) is 11.8 Å². The van der Waals surface area contributed by atoms with Crippen LogP contribution in [0, 0.1) is 18.8 Å². The lowest BCUT2D eigenvalue weighted by Gasteiger charge is -2.26. The van der Waals surface area contributed by atoms with E-state index in [9.17, 15) is 14.7 Å². The van der Waals surface area contributed by atoms with Crippen LogP contribution in [0.3, 0.4) is 0 Å². The van der Waals surface area contributed by atoms with E-state index in [2.05, 4.69) is 10.6 Å². The Morgan fingerprint density at radius 3 is 2.42 bits per heavy atom. The van der Waals surface area contributed by atoms with Gasteiger partial charge in [0.2, 0.25) is 11.8 Å². The maximum atomic E-state index is 12.6. The molecule has 5 nitrogen and oxygen atoms in total. The van der Waals surface area contributed by atoms with Crippen LogP contribution < -0.4 is 10.6 Å². The maximum absolute atomic E-state index is 12.6. The Hall–Kier alpha value is -2.04. The Morgan fingerprint density at radius 1 is 1.17 bits per heavy atom. The normalized spacial score (nSPS) is 16.7. The average molecular weight is 332 g/mol. The standard InChI is InChI=1S/C19H28N2O3/c1-12(2)17(21-18(23)14-7-5-4-6-8-14)19(24)20-15-10-9-13(3)11-16(15)22/h9-12,14,17,22H,4-8H2,1-3H3,(H,20,24)(H,21,23). The molecular formula is C19H28N2O3. The first kappa shape index (κ1) is 18.3. The van der Waals surface area contributed by atoms with Crippen LogP contribution in [0.25, 0.3) is 0 Å². The molecule has 1 saturated carbocycles. The number of nitrogens with one attached hydrogen (secondary N) is 2. The number of rotatable bonds is 5. The summed E-state index contributed by atoms with van der Waals surface area (Å²) in [7, 11) is 0. The zero-order chi connectivity index (χ0) is 17.7. The highest BCUT2D eigenvalue weighted by Crippen LogP contribution is 2.26. The lowest BCUT2D eigenvalue weighted by molar-refractivity contribution is -0.130. The van der Waals surface area contributed by atoms with Crippen LogP contribution in [-0.2, 0) is 9.59 Å². The number of hydrogen-bond donors (Lipinski definition) is 3. The van der Waals surface area contributed by atoms with Gasteiger partial charge >= 0.3 is 0 Å². The smallest absolute Gasteiger partial charge is 0.247 e. The summed E-state index contributed by atoms with van der Waals surface area (Å²) in [6.07, 6.45) is 5.14. The number of aromatic hydroxyl groups is 1. The molecule has 0 spiro atoms. The van der Waals surface area contributed by atoms with Gasteiger partial charge in [-0.15, -0.1) is 0 Å². The van der Waals surface area contributed by atoms with Crippen LogP contribution in [-0.4, -0.2) is 23.0 Å². The van der Waals surface area contributed by atoms with E-state index in [0.717, 1.165) is 31.2 Å². The summed E-state index contributed by atoms with van der Waals surface area (Å²) in [5.74, 6) is -0.319. The Bertz CT molecular complexity index is 592. The van der Waals surface area contributed by atoms with E-state index in [1.165, 1.54) is 6.42 Å². The van der Waals surface area contributed by atoms with Crippen LogP contribution in [0.4, 0.5) is 5.69 Å². The quantitative estimate of drug-likeness (QED) is 0.724. The number of amides is 2. The van der Waals surface area contributed by atoms with E-state index in [1.54, 1.807) is 12.1 Å². The van der Waals surface area contributed by atoms with Gasteiger partial charge in [-0.2, -0.15) is 0 Å². The van der Waals surface area contributed by atoms with E-state index >= 15 is 0 Å². The minimum absolute atomic E-state index is 0.0144. The lowest BCUT2D eigenvalue weighted by atomic mass is 9.88. The predicted molar refractivity (Wildman–Crippen MR) is 94.8 cm³/mol. The molecule has 132 valence electrons. The number of benzene rings is 1. The number of phenolic OH excluding ortho intramolecular Hbond substituents is 1. The molecule has 2 amide bonds. The molecular weight excluding hydrogens is 304 g/mol. The van der Waals surface area contributed by atoms with E-state index in [1.807, 2.05) is 26.8 Å². The Balaban J connectivity index is 2.03. The van der Waals surface area contributed by atoms with Crippen molar-refractivity contribution in [2.75, 3.05) is 5.32 Å². The van der Waals surface area contributed by atoms with E-state index in [4.69, 9.17) is 0 Å². The molecule has 0 aromatic heterocycles. The first-order valence-electron chi connectivity index (χ1n) is 8.79. The largest absolute Gasteiger partial charge is 0.506 e. The molecule has 1 atom stereocenters. The van der Waals surface area contributed by atoms with E-state index in [-0.39, 0.29) is 29.4 Å². The molecule has 5 heteroatoms. The van der Waals surface area contributed by atoms with Crippen LogP contribution in [0.2, 0.25) is 0 Å². The molecule has 0 saturated heterocycles. The zero-order valence-corrected chi connectivity index (χ0v) is 14.8. The molecule has 0 aliphatic heterocycles. The molecule has 1 aliphatic carbocycles. The number of aryl methyl sites for hydroxylation is 1. The number of carbonyl (C=O) groups is 2. The van der Waals surface area contributed by atoms with E-state index < -0.39 is 6.04 Å². The van der Waals surface area contributed by atoms with Gasteiger partial charge in [0, 0.05) is 5.92 Å². The summed E-state index contributed by atoms with van der Waals surface area (Å²) in [5.41, 5.74) is 1.28. The van der Waals surface area contributed by atoms with Crippen LogP contribution in [0.5, 0.6) is 5.75 Å². The van der Waals surface area contributed by atoms with Crippen LogP contribution >= 0.6 is 0 Å².